The predicted molar refractivity (Wildman–Crippen MR) is 172 cm³/mol. The van der Waals surface area contributed by atoms with Crippen LogP contribution in [0.15, 0.2) is 42.5 Å². The van der Waals surface area contributed by atoms with Crippen molar-refractivity contribution in [1.29, 1.82) is 0 Å². The summed E-state index contributed by atoms with van der Waals surface area (Å²) in [6.45, 7) is 9.99. The number of amides is 3. The number of benzene rings is 2. The molecule has 0 aromatic heterocycles. The molecule has 0 aliphatic carbocycles. The number of rotatable bonds is 15. The van der Waals surface area contributed by atoms with E-state index in [0.29, 0.717) is 38.0 Å². The van der Waals surface area contributed by atoms with Gasteiger partial charge in [0.1, 0.15) is 17.7 Å². The van der Waals surface area contributed by atoms with E-state index in [1.54, 1.807) is 32.5 Å². The fourth-order valence-electron chi connectivity index (χ4n) is 5.13. The summed E-state index contributed by atoms with van der Waals surface area (Å²) in [4.78, 5) is 53.8. The zero-order chi connectivity index (χ0) is 31.6. The Morgan fingerprint density at radius 3 is 2.49 bits per heavy atom. The fraction of sp³-hybridized carbons (Fsp3) is 0.576. The molecule has 4 atom stereocenters. The number of nitrogens with one attached hydrogen (secondary N) is 3. The van der Waals surface area contributed by atoms with E-state index >= 15 is 0 Å². The summed E-state index contributed by atoms with van der Waals surface area (Å²) in [5.41, 5.74) is 0.343. The highest BCUT2D eigenvalue weighted by Gasteiger charge is 2.33. The number of hydrogen-bond donors (Lipinski definition) is 3. The maximum Gasteiger partial charge on any atom is 0.329 e. The van der Waals surface area contributed by atoms with Crippen LogP contribution in [0.4, 0.5) is 0 Å². The van der Waals surface area contributed by atoms with E-state index < -0.39 is 29.8 Å². The van der Waals surface area contributed by atoms with E-state index in [1.807, 2.05) is 47.6 Å². The van der Waals surface area contributed by atoms with E-state index in [0.717, 1.165) is 22.8 Å². The summed E-state index contributed by atoms with van der Waals surface area (Å²) >= 11 is 1.60. The normalized spacial score (nSPS) is 17.3. The maximum absolute atomic E-state index is 13.7. The van der Waals surface area contributed by atoms with Crippen LogP contribution in [0.5, 0.6) is 0 Å². The van der Waals surface area contributed by atoms with E-state index in [2.05, 4.69) is 35.9 Å². The molecule has 0 saturated carbocycles. The van der Waals surface area contributed by atoms with Crippen LogP contribution in [0, 0.1) is 5.92 Å². The number of fused-ring (bicyclic) bond motifs is 1. The number of ether oxygens (including phenoxy) is 1. The molecule has 3 amide bonds. The number of esters is 1. The summed E-state index contributed by atoms with van der Waals surface area (Å²) in [5, 5.41) is 11.0. The fourth-order valence-corrected chi connectivity index (χ4v) is 5.60. The number of carbonyl (C=O) groups is 4. The monoisotopic (exact) mass is 612 g/mol. The van der Waals surface area contributed by atoms with E-state index in [1.165, 1.54) is 0 Å². The molecule has 3 rings (SSSR count). The van der Waals surface area contributed by atoms with Crippen molar-refractivity contribution in [3.63, 3.8) is 0 Å². The van der Waals surface area contributed by atoms with Crippen LogP contribution in [-0.2, 0) is 30.5 Å². The molecule has 1 aliphatic heterocycles. The van der Waals surface area contributed by atoms with Crippen molar-refractivity contribution in [1.82, 2.24) is 20.9 Å². The Labute approximate surface area is 260 Å². The minimum Gasteiger partial charge on any atom is -0.458 e. The molecule has 1 unspecified atom stereocenters. The van der Waals surface area contributed by atoms with Gasteiger partial charge in [-0.15, -0.1) is 0 Å². The van der Waals surface area contributed by atoms with Crippen molar-refractivity contribution in [2.24, 2.45) is 5.92 Å². The third-order valence-electron chi connectivity index (χ3n) is 7.62. The maximum atomic E-state index is 13.7. The lowest BCUT2D eigenvalue weighted by Gasteiger charge is -2.35. The predicted octanol–water partition coefficient (Wildman–Crippen LogP) is 4.38. The Hall–Kier alpha value is -3.11. The Bertz CT molecular complexity index is 1260. The van der Waals surface area contributed by atoms with Crippen molar-refractivity contribution in [2.45, 2.75) is 97.1 Å². The SMILES string of the molecule is CC[C@H](C)CC(NC(=O)[C@@H]1CCC(=O)N1)N(CC(=O)N[C@@H](CCSC)C(=O)OC(C)(C)C)Cc1cccc2ccccc12. The molecule has 43 heavy (non-hydrogen) atoms. The summed E-state index contributed by atoms with van der Waals surface area (Å²) in [6, 6.07) is 12.8. The first-order valence-electron chi connectivity index (χ1n) is 15.2. The van der Waals surface area contributed by atoms with Gasteiger partial charge in [-0.05, 0) is 74.3 Å². The van der Waals surface area contributed by atoms with Gasteiger partial charge >= 0.3 is 5.97 Å². The smallest absolute Gasteiger partial charge is 0.329 e. The topological polar surface area (TPSA) is 117 Å². The quantitative estimate of drug-likeness (QED) is 0.202. The molecule has 236 valence electrons. The van der Waals surface area contributed by atoms with E-state index in [4.69, 9.17) is 4.74 Å². The molecular weight excluding hydrogens is 564 g/mol. The minimum absolute atomic E-state index is 0.0415. The van der Waals surface area contributed by atoms with Gasteiger partial charge in [-0.2, -0.15) is 11.8 Å². The molecule has 1 aliphatic rings. The van der Waals surface area contributed by atoms with Gasteiger partial charge in [0.05, 0.1) is 12.7 Å². The zero-order valence-electron chi connectivity index (χ0n) is 26.4. The van der Waals surface area contributed by atoms with Gasteiger partial charge in [-0.3, -0.25) is 19.3 Å². The van der Waals surface area contributed by atoms with Gasteiger partial charge < -0.3 is 20.7 Å². The molecule has 9 nitrogen and oxygen atoms in total. The third kappa shape index (κ3) is 10.8. The average Bonchev–Trinajstić information content (AvgIpc) is 3.40. The molecule has 0 bridgehead atoms. The van der Waals surface area contributed by atoms with Gasteiger partial charge in [0.2, 0.25) is 17.7 Å². The summed E-state index contributed by atoms with van der Waals surface area (Å²) in [6.07, 6.45) is 4.19. The summed E-state index contributed by atoms with van der Waals surface area (Å²) in [5.74, 6) is -0.230. The molecule has 1 saturated heterocycles. The Balaban J connectivity index is 1.92. The van der Waals surface area contributed by atoms with Crippen molar-refractivity contribution in [3.05, 3.63) is 48.0 Å². The second-order valence-corrected chi connectivity index (χ2v) is 13.4. The summed E-state index contributed by atoms with van der Waals surface area (Å²) in [7, 11) is 0. The molecule has 2 aromatic carbocycles. The Morgan fingerprint density at radius 1 is 1.12 bits per heavy atom. The second-order valence-electron chi connectivity index (χ2n) is 12.4. The molecular formula is C33H48N4O5S. The van der Waals surface area contributed by atoms with Gasteiger partial charge in [0.15, 0.2) is 0 Å². The lowest BCUT2D eigenvalue weighted by atomic mass is 10.00. The lowest BCUT2D eigenvalue weighted by molar-refractivity contribution is -0.158. The van der Waals surface area contributed by atoms with Crippen LogP contribution in [0.1, 0.15) is 72.3 Å². The summed E-state index contributed by atoms with van der Waals surface area (Å²) < 4.78 is 5.61. The van der Waals surface area contributed by atoms with Crippen molar-refractivity contribution >= 4 is 46.2 Å². The van der Waals surface area contributed by atoms with Crippen LogP contribution in [-0.4, -0.2) is 71.0 Å². The molecule has 2 aromatic rings. The number of hydrogen-bond acceptors (Lipinski definition) is 7. The Kier molecular flexibility index (Phi) is 12.9. The van der Waals surface area contributed by atoms with E-state index in [-0.39, 0.29) is 30.2 Å². The van der Waals surface area contributed by atoms with Gasteiger partial charge in [-0.1, -0.05) is 62.7 Å². The van der Waals surface area contributed by atoms with Crippen molar-refractivity contribution < 1.29 is 23.9 Å². The standard InChI is InChI=1S/C33H48N4O5S/c1-7-22(2)19-28(36-31(40)26-15-16-29(38)34-26)37(20-24-13-10-12-23-11-8-9-14-25(23)24)21-30(39)35-27(17-18-43-6)32(41)42-33(3,4)5/h8-14,22,26-28H,7,15-21H2,1-6H3,(H,34,38)(H,35,39)(H,36,40)/t22-,26-,27-,28?/m0/s1. The second kappa shape index (κ2) is 16.1. The molecule has 1 fully saturated rings. The number of nitrogens with zero attached hydrogens (tertiary/aromatic N) is 1. The van der Waals surface area contributed by atoms with Gasteiger partial charge in [0, 0.05) is 13.0 Å². The first-order chi connectivity index (χ1) is 20.4. The van der Waals surface area contributed by atoms with Crippen molar-refractivity contribution in [3.8, 4) is 0 Å². The lowest BCUT2D eigenvalue weighted by Crippen LogP contribution is -2.56. The molecule has 3 N–H and O–H groups in total. The van der Waals surface area contributed by atoms with Crippen LogP contribution in [0.25, 0.3) is 10.8 Å². The van der Waals surface area contributed by atoms with Crippen LogP contribution in [0.2, 0.25) is 0 Å². The Morgan fingerprint density at radius 2 is 1.84 bits per heavy atom. The van der Waals surface area contributed by atoms with Crippen LogP contribution < -0.4 is 16.0 Å². The number of carbonyl (C=O) groups excluding carboxylic acids is 4. The van der Waals surface area contributed by atoms with Crippen LogP contribution in [0.3, 0.4) is 0 Å². The highest BCUT2D eigenvalue weighted by Crippen LogP contribution is 2.23. The van der Waals surface area contributed by atoms with Crippen LogP contribution >= 0.6 is 11.8 Å². The van der Waals surface area contributed by atoms with E-state index in [9.17, 15) is 19.2 Å². The minimum atomic E-state index is -0.783. The average molecular weight is 613 g/mol. The van der Waals surface area contributed by atoms with Gasteiger partial charge in [-0.25, -0.2) is 4.79 Å². The van der Waals surface area contributed by atoms with Crippen molar-refractivity contribution in [2.75, 3.05) is 18.6 Å². The highest BCUT2D eigenvalue weighted by atomic mass is 32.2. The number of thioether (sulfide) groups is 1. The highest BCUT2D eigenvalue weighted by molar-refractivity contribution is 7.98. The molecule has 1 heterocycles. The van der Waals surface area contributed by atoms with Gasteiger partial charge in [0.25, 0.3) is 0 Å². The zero-order valence-corrected chi connectivity index (χ0v) is 27.2. The first kappa shape index (κ1) is 34.4. The molecule has 0 radical (unpaired) electrons. The molecule has 10 heteroatoms. The first-order valence-corrected chi connectivity index (χ1v) is 16.6. The third-order valence-corrected chi connectivity index (χ3v) is 8.27. The molecule has 0 spiro atoms. The largest absolute Gasteiger partial charge is 0.458 e.